The Morgan fingerprint density at radius 2 is 2.29 bits per heavy atom. The maximum Gasteiger partial charge on any atom is 0.234 e. The number of nitrogens with one attached hydrogen (secondary N) is 1. The minimum absolute atomic E-state index is 0.0636. The number of hydrogen-bond donors (Lipinski definition) is 1. The average molecular weight is 246 g/mol. The SMILES string of the molecule is C=C(C)CSCC(=O)Nc1cccc(C#N)c1. The molecule has 0 saturated heterocycles. The van der Waals surface area contributed by atoms with Gasteiger partial charge in [-0.05, 0) is 25.1 Å². The Hall–Kier alpha value is -1.73. The van der Waals surface area contributed by atoms with E-state index in [-0.39, 0.29) is 5.91 Å². The number of amides is 1. The molecular weight excluding hydrogens is 232 g/mol. The van der Waals surface area contributed by atoms with Crippen LogP contribution in [-0.2, 0) is 4.79 Å². The molecule has 0 aliphatic rings. The molecule has 0 spiro atoms. The number of carbonyl (C=O) groups is 1. The molecule has 1 aromatic carbocycles. The molecule has 17 heavy (non-hydrogen) atoms. The summed E-state index contributed by atoms with van der Waals surface area (Å²) in [5.74, 6) is 1.11. The van der Waals surface area contributed by atoms with Crippen LogP contribution in [-0.4, -0.2) is 17.4 Å². The Morgan fingerprint density at radius 1 is 1.53 bits per heavy atom. The van der Waals surface area contributed by atoms with E-state index in [4.69, 9.17) is 5.26 Å². The molecular formula is C13H14N2OS. The van der Waals surface area contributed by atoms with Gasteiger partial charge in [-0.15, -0.1) is 11.8 Å². The highest BCUT2D eigenvalue weighted by molar-refractivity contribution is 8.00. The molecule has 0 radical (unpaired) electrons. The van der Waals surface area contributed by atoms with Gasteiger partial charge in [0, 0.05) is 11.4 Å². The summed E-state index contributed by atoms with van der Waals surface area (Å²) in [5.41, 5.74) is 2.25. The molecule has 0 atom stereocenters. The van der Waals surface area contributed by atoms with E-state index in [1.807, 2.05) is 13.0 Å². The number of hydrogen-bond acceptors (Lipinski definition) is 3. The van der Waals surface area contributed by atoms with Crippen LogP contribution >= 0.6 is 11.8 Å². The van der Waals surface area contributed by atoms with Gasteiger partial charge in [0.05, 0.1) is 17.4 Å². The molecule has 1 amide bonds. The van der Waals surface area contributed by atoms with Gasteiger partial charge in [-0.25, -0.2) is 0 Å². The van der Waals surface area contributed by atoms with Crippen LogP contribution in [0, 0.1) is 11.3 Å². The lowest BCUT2D eigenvalue weighted by atomic mass is 10.2. The van der Waals surface area contributed by atoms with Crippen LogP contribution in [0.4, 0.5) is 5.69 Å². The minimum Gasteiger partial charge on any atom is -0.325 e. The maximum absolute atomic E-state index is 11.5. The highest BCUT2D eigenvalue weighted by Gasteiger charge is 2.03. The number of anilines is 1. The molecule has 0 bridgehead atoms. The molecule has 1 N–H and O–H groups in total. The third-order valence-corrected chi connectivity index (χ3v) is 3.02. The molecule has 0 aliphatic carbocycles. The van der Waals surface area contributed by atoms with Crippen molar-refractivity contribution in [1.29, 1.82) is 5.26 Å². The Kier molecular flexibility index (Phi) is 5.31. The van der Waals surface area contributed by atoms with Crippen LogP contribution in [0.1, 0.15) is 12.5 Å². The summed E-state index contributed by atoms with van der Waals surface area (Å²) in [5, 5.41) is 11.5. The van der Waals surface area contributed by atoms with Crippen LogP contribution < -0.4 is 5.32 Å². The van der Waals surface area contributed by atoms with Gasteiger partial charge in [0.15, 0.2) is 0 Å². The van der Waals surface area contributed by atoms with Gasteiger partial charge in [-0.1, -0.05) is 18.2 Å². The van der Waals surface area contributed by atoms with E-state index >= 15 is 0 Å². The van der Waals surface area contributed by atoms with Gasteiger partial charge in [-0.3, -0.25) is 4.79 Å². The molecule has 1 rings (SSSR count). The van der Waals surface area contributed by atoms with Crippen molar-refractivity contribution in [3.05, 3.63) is 42.0 Å². The standard InChI is InChI=1S/C13H14N2OS/c1-10(2)8-17-9-13(16)15-12-5-3-4-11(6-12)7-14/h3-6H,1,8-9H2,2H3,(H,15,16). The number of thioether (sulfide) groups is 1. The number of rotatable bonds is 5. The second-order valence-electron chi connectivity index (χ2n) is 3.69. The van der Waals surface area contributed by atoms with Crippen molar-refractivity contribution < 1.29 is 4.79 Å². The second kappa shape index (κ2) is 6.77. The Balaban J connectivity index is 2.45. The first-order chi connectivity index (χ1) is 8.11. The summed E-state index contributed by atoms with van der Waals surface area (Å²) in [7, 11) is 0. The lowest BCUT2D eigenvalue weighted by Crippen LogP contribution is -2.14. The van der Waals surface area contributed by atoms with E-state index in [1.165, 1.54) is 11.8 Å². The molecule has 0 unspecified atom stereocenters. The average Bonchev–Trinajstić information content (AvgIpc) is 2.28. The van der Waals surface area contributed by atoms with Gasteiger partial charge in [0.25, 0.3) is 0 Å². The highest BCUT2D eigenvalue weighted by Crippen LogP contribution is 2.11. The second-order valence-corrected chi connectivity index (χ2v) is 4.68. The van der Waals surface area contributed by atoms with E-state index in [0.29, 0.717) is 17.0 Å². The van der Waals surface area contributed by atoms with Crippen LogP contribution in [0.2, 0.25) is 0 Å². The summed E-state index contributed by atoms with van der Waals surface area (Å²) in [6, 6.07) is 8.90. The molecule has 1 aromatic rings. The van der Waals surface area contributed by atoms with E-state index < -0.39 is 0 Å². The van der Waals surface area contributed by atoms with Crippen molar-refractivity contribution in [1.82, 2.24) is 0 Å². The van der Waals surface area contributed by atoms with Crippen molar-refractivity contribution in [2.75, 3.05) is 16.8 Å². The van der Waals surface area contributed by atoms with Crippen molar-refractivity contribution in [3.8, 4) is 6.07 Å². The zero-order chi connectivity index (χ0) is 12.7. The topological polar surface area (TPSA) is 52.9 Å². The number of benzene rings is 1. The molecule has 3 nitrogen and oxygen atoms in total. The summed E-state index contributed by atoms with van der Waals surface area (Å²) >= 11 is 1.52. The van der Waals surface area contributed by atoms with E-state index in [0.717, 1.165) is 11.3 Å². The van der Waals surface area contributed by atoms with Crippen molar-refractivity contribution in [2.24, 2.45) is 0 Å². The van der Waals surface area contributed by atoms with E-state index in [9.17, 15) is 4.79 Å². The van der Waals surface area contributed by atoms with Gasteiger partial charge in [0.2, 0.25) is 5.91 Å². The smallest absolute Gasteiger partial charge is 0.234 e. The van der Waals surface area contributed by atoms with Crippen LogP contribution in [0.15, 0.2) is 36.4 Å². The van der Waals surface area contributed by atoms with Gasteiger partial charge >= 0.3 is 0 Å². The van der Waals surface area contributed by atoms with E-state index in [1.54, 1.807) is 24.3 Å². The Morgan fingerprint density at radius 3 is 2.94 bits per heavy atom. The minimum atomic E-state index is -0.0636. The third-order valence-electron chi connectivity index (χ3n) is 1.86. The van der Waals surface area contributed by atoms with Gasteiger partial charge < -0.3 is 5.32 Å². The fourth-order valence-corrected chi connectivity index (χ4v) is 1.89. The van der Waals surface area contributed by atoms with Crippen LogP contribution in [0.25, 0.3) is 0 Å². The fourth-order valence-electron chi connectivity index (χ4n) is 1.18. The quantitative estimate of drug-likeness (QED) is 0.813. The lowest BCUT2D eigenvalue weighted by molar-refractivity contribution is -0.113. The van der Waals surface area contributed by atoms with Crippen molar-refractivity contribution >= 4 is 23.4 Å². The highest BCUT2D eigenvalue weighted by atomic mass is 32.2. The first-order valence-corrected chi connectivity index (χ1v) is 6.29. The molecule has 0 fully saturated rings. The number of nitrogens with zero attached hydrogens (tertiary/aromatic N) is 1. The predicted molar refractivity (Wildman–Crippen MR) is 71.9 cm³/mol. The first-order valence-electron chi connectivity index (χ1n) is 5.14. The monoisotopic (exact) mass is 246 g/mol. The zero-order valence-electron chi connectivity index (χ0n) is 9.69. The Labute approximate surface area is 106 Å². The van der Waals surface area contributed by atoms with Crippen LogP contribution in [0.3, 0.4) is 0 Å². The summed E-state index contributed by atoms with van der Waals surface area (Å²) in [4.78, 5) is 11.5. The van der Waals surface area contributed by atoms with Gasteiger partial charge in [0.1, 0.15) is 0 Å². The maximum atomic E-state index is 11.5. The normalized spacial score (nSPS) is 9.41. The fraction of sp³-hybridized carbons (Fsp3) is 0.231. The molecule has 4 heteroatoms. The summed E-state index contributed by atoms with van der Waals surface area (Å²) in [6.07, 6.45) is 0. The summed E-state index contributed by atoms with van der Waals surface area (Å²) in [6.45, 7) is 5.70. The van der Waals surface area contributed by atoms with Crippen molar-refractivity contribution in [3.63, 3.8) is 0 Å². The largest absolute Gasteiger partial charge is 0.325 e. The number of carbonyl (C=O) groups excluding carboxylic acids is 1. The third kappa shape index (κ3) is 5.23. The van der Waals surface area contributed by atoms with Crippen LogP contribution in [0.5, 0.6) is 0 Å². The number of nitriles is 1. The van der Waals surface area contributed by atoms with Crippen molar-refractivity contribution in [2.45, 2.75) is 6.92 Å². The molecule has 0 saturated carbocycles. The first kappa shape index (κ1) is 13.3. The molecule has 0 aliphatic heterocycles. The van der Waals surface area contributed by atoms with E-state index in [2.05, 4.69) is 11.9 Å². The molecule has 88 valence electrons. The van der Waals surface area contributed by atoms with Gasteiger partial charge in [-0.2, -0.15) is 5.26 Å². The predicted octanol–water partition coefficient (Wildman–Crippen LogP) is 2.81. The Bertz CT molecular complexity index is 463. The lowest BCUT2D eigenvalue weighted by Gasteiger charge is -2.05. The molecule has 0 heterocycles. The zero-order valence-corrected chi connectivity index (χ0v) is 10.5. The molecule has 0 aromatic heterocycles. The summed E-state index contributed by atoms with van der Waals surface area (Å²) < 4.78 is 0.